The Labute approximate surface area is 174 Å². The number of benzene rings is 1. The van der Waals surface area contributed by atoms with Crippen molar-refractivity contribution in [1.29, 1.82) is 0 Å². The van der Waals surface area contributed by atoms with E-state index in [-0.39, 0.29) is 6.04 Å². The van der Waals surface area contributed by atoms with Gasteiger partial charge in [0.15, 0.2) is 5.82 Å². The number of nitrogens with zero attached hydrogens (tertiary/aromatic N) is 6. The fourth-order valence-electron chi connectivity index (χ4n) is 3.73. The smallest absolute Gasteiger partial charge is 0.178 e. The van der Waals surface area contributed by atoms with Gasteiger partial charge in [0.05, 0.1) is 12.1 Å². The van der Waals surface area contributed by atoms with Crippen molar-refractivity contribution >= 4 is 11.9 Å². The third-order valence-electron chi connectivity index (χ3n) is 5.16. The number of hydrogen-bond donors (Lipinski definition) is 1. The number of ether oxygens (including phenoxy) is 1. The number of aromatic nitrogens is 5. The molecular formula is C20H25N7OS. The van der Waals surface area contributed by atoms with Gasteiger partial charge in [-0.15, -0.1) is 0 Å². The minimum absolute atomic E-state index is 0.228. The maximum Gasteiger partial charge on any atom is 0.178 e. The highest BCUT2D eigenvalue weighted by Crippen LogP contribution is 2.37. The molecule has 9 heteroatoms. The number of hydrogen-bond acceptors (Lipinski definition) is 7. The van der Waals surface area contributed by atoms with Crippen LogP contribution in [0, 0.1) is 0 Å². The highest BCUT2D eigenvalue weighted by atomic mass is 32.2. The Morgan fingerprint density at radius 3 is 2.83 bits per heavy atom. The van der Waals surface area contributed by atoms with Gasteiger partial charge in [0.2, 0.25) is 0 Å². The van der Waals surface area contributed by atoms with E-state index in [1.54, 1.807) is 18.3 Å². The molecule has 0 bridgehead atoms. The SMILES string of the molecule is CC(C)n1ncnc1-c1cn2c(n1)-c1cc(SN3CCNCC3)ccc1OCC2. The van der Waals surface area contributed by atoms with Crippen molar-refractivity contribution in [3.63, 3.8) is 0 Å². The molecule has 0 radical (unpaired) electrons. The Morgan fingerprint density at radius 1 is 1.14 bits per heavy atom. The molecule has 0 unspecified atom stereocenters. The van der Waals surface area contributed by atoms with Crippen LogP contribution in [-0.4, -0.2) is 61.4 Å². The van der Waals surface area contributed by atoms with E-state index in [2.05, 4.69) is 62.5 Å². The van der Waals surface area contributed by atoms with Crippen molar-refractivity contribution < 1.29 is 4.74 Å². The predicted octanol–water partition coefficient (Wildman–Crippen LogP) is 2.69. The van der Waals surface area contributed by atoms with Crippen molar-refractivity contribution in [3.05, 3.63) is 30.7 Å². The zero-order chi connectivity index (χ0) is 19.8. The molecule has 1 fully saturated rings. The third kappa shape index (κ3) is 3.65. The molecular weight excluding hydrogens is 386 g/mol. The van der Waals surface area contributed by atoms with Crippen LogP contribution in [-0.2, 0) is 6.54 Å². The lowest BCUT2D eigenvalue weighted by atomic mass is 10.2. The van der Waals surface area contributed by atoms with Gasteiger partial charge in [-0.2, -0.15) is 5.10 Å². The molecule has 0 aliphatic carbocycles. The monoisotopic (exact) mass is 411 g/mol. The molecule has 3 aromatic rings. The average Bonchev–Trinajstić information content (AvgIpc) is 3.34. The lowest BCUT2D eigenvalue weighted by Crippen LogP contribution is -2.39. The average molecular weight is 412 g/mol. The van der Waals surface area contributed by atoms with Gasteiger partial charge in [-0.1, -0.05) is 0 Å². The normalized spacial score (nSPS) is 16.9. The minimum atomic E-state index is 0.228. The van der Waals surface area contributed by atoms with Crippen LogP contribution >= 0.6 is 11.9 Å². The van der Waals surface area contributed by atoms with Crippen molar-refractivity contribution in [3.8, 4) is 28.7 Å². The van der Waals surface area contributed by atoms with E-state index >= 15 is 0 Å². The highest BCUT2D eigenvalue weighted by molar-refractivity contribution is 7.97. The van der Waals surface area contributed by atoms with E-state index in [9.17, 15) is 0 Å². The quantitative estimate of drug-likeness (QED) is 0.662. The van der Waals surface area contributed by atoms with Crippen LogP contribution in [0.25, 0.3) is 22.9 Å². The molecule has 1 N–H and O–H groups in total. The summed E-state index contributed by atoms with van der Waals surface area (Å²) in [6, 6.07) is 6.64. The first-order valence-electron chi connectivity index (χ1n) is 10.1. The second-order valence-corrected chi connectivity index (χ2v) is 8.71. The molecule has 0 saturated carbocycles. The number of fused-ring (bicyclic) bond motifs is 3. The molecule has 1 aromatic carbocycles. The van der Waals surface area contributed by atoms with Crippen molar-refractivity contribution in [2.45, 2.75) is 31.3 Å². The summed E-state index contributed by atoms with van der Waals surface area (Å²) in [5, 5.41) is 7.76. The number of rotatable bonds is 4. The van der Waals surface area contributed by atoms with Crippen LogP contribution in [0.15, 0.2) is 35.6 Å². The highest BCUT2D eigenvalue weighted by Gasteiger charge is 2.22. The van der Waals surface area contributed by atoms with E-state index in [1.807, 2.05) is 4.68 Å². The maximum atomic E-state index is 6.00. The zero-order valence-corrected chi connectivity index (χ0v) is 17.5. The third-order valence-corrected chi connectivity index (χ3v) is 6.25. The fraction of sp³-hybridized carbons (Fsp3) is 0.450. The molecule has 8 nitrogen and oxygen atoms in total. The first kappa shape index (κ1) is 18.7. The van der Waals surface area contributed by atoms with Crippen LogP contribution in [0.1, 0.15) is 19.9 Å². The Kier molecular flexibility index (Phi) is 5.03. The van der Waals surface area contributed by atoms with Gasteiger partial charge in [-0.3, -0.25) is 0 Å². The molecule has 29 heavy (non-hydrogen) atoms. The van der Waals surface area contributed by atoms with Crippen LogP contribution in [0.2, 0.25) is 0 Å². The van der Waals surface area contributed by atoms with E-state index in [0.717, 1.165) is 61.4 Å². The van der Waals surface area contributed by atoms with E-state index < -0.39 is 0 Å². The summed E-state index contributed by atoms with van der Waals surface area (Å²) >= 11 is 1.80. The Morgan fingerprint density at radius 2 is 2.00 bits per heavy atom. The molecule has 2 aliphatic heterocycles. The predicted molar refractivity (Wildman–Crippen MR) is 113 cm³/mol. The van der Waals surface area contributed by atoms with Crippen LogP contribution < -0.4 is 10.1 Å². The molecule has 1 saturated heterocycles. The fourth-order valence-corrected chi connectivity index (χ4v) is 4.69. The molecule has 0 amide bonds. The van der Waals surface area contributed by atoms with Gasteiger partial charge in [-0.25, -0.2) is 19.0 Å². The standard InChI is InChI=1S/C20H25N7OS/c1-14(2)27-20(22-13-23-27)17-12-25-9-10-28-18-4-3-15(11-16(18)19(25)24-17)29-26-7-5-21-6-8-26/h3-4,11-14,21H,5-10H2,1-2H3. The lowest BCUT2D eigenvalue weighted by molar-refractivity contribution is 0.306. The first-order valence-corrected chi connectivity index (χ1v) is 10.8. The summed E-state index contributed by atoms with van der Waals surface area (Å²) in [6.07, 6.45) is 3.66. The van der Waals surface area contributed by atoms with Crippen LogP contribution in [0.5, 0.6) is 5.75 Å². The van der Waals surface area contributed by atoms with Gasteiger partial charge in [-0.05, 0) is 44.0 Å². The summed E-state index contributed by atoms with van der Waals surface area (Å²) in [7, 11) is 0. The van der Waals surface area contributed by atoms with Crippen LogP contribution in [0.3, 0.4) is 0 Å². The van der Waals surface area contributed by atoms with Crippen molar-refractivity contribution in [1.82, 2.24) is 33.9 Å². The Balaban J connectivity index is 1.51. The van der Waals surface area contributed by atoms with Gasteiger partial charge in [0.1, 0.15) is 30.2 Å². The van der Waals surface area contributed by atoms with Crippen molar-refractivity contribution in [2.24, 2.45) is 0 Å². The van der Waals surface area contributed by atoms with Gasteiger partial charge >= 0.3 is 0 Å². The van der Waals surface area contributed by atoms with Crippen LogP contribution in [0.4, 0.5) is 0 Å². The van der Waals surface area contributed by atoms with Gasteiger partial charge in [0.25, 0.3) is 0 Å². The lowest BCUT2D eigenvalue weighted by Gasteiger charge is -2.26. The topological polar surface area (TPSA) is 73.0 Å². The summed E-state index contributed by atoms with van der Waals surface area (Å²) < 4.78 is 12.5. The minimum Gasteiger partial charge on any atom is -0.491 e. The summed E-state index contributed by atoms with van der Waals surface area (Å²) in [4.78, 5) is 10.6. The molecule has 2 aromatic heterocycles. The van der Waals surface area contributed by atoms with Gasteiger partial charge < -0.3 is 14.6 Å². The maximum absolute atomic E-state index is 6.00. The van der Waals surface area contributed by atoms with Crippen molar-refractivity contribution in [2.75, 3.05) is 32.8 Å². The van der Waals surface area contributed by atoms with Gasteiger partial charge in [0, 0.05) is 43.3 Å². The second-order valence-electron chi connectivity index (χ2n) is 7.54. The number of imidazole rings is 1. The number of piperazine rings is 1. The van der Waals surface area contributed by atoms with E-state index in [4.69, 9.17) is 9.72 Å². The molecule has 152 valence electrons. The molecule has 0 atom stereocenters. The molecule has 5 rings (SSSR count). The summed E-state index contributed by atoms with van der Waals surface area (Å²) in [5.74, 6) is 2.61. The summed E-state index contributed by atoms with van der Waals surface area (Å²) in [5.41, 5.74) is 1.88. The molecule has 2 aliphatic rings. The second kappa shape index (κ2) is 7.81. The summed E-state index contributed by atoms with van der Waals surface area (Å²) in [6.45, 7) is 9.73. The number of nitrogens with one attached hydrogen (secondary N) is 1. The molecule has 4 heterocycles. The largest absolute Gasteiger partial charge is 0.491 e. The van der Waals surface area contributed by atoms with E-state index in [0.29, 0.717) is 6.61 Å². The first-order chi connectivity index (χ1) is 14.2. The Hall–Kier alpha value is -2.36. The zero-order valence-electron chi connectivity index (χ0n) is 16.7. The molecule has 0 spiro atoms. The van der Waals surface area contributed by atoms with E-state index in [1.165, 1.54) is 4.90 Å². The Bertz CT molecular complexity index is 1010.